The summed E-state index contributed by atoms with van der Waals surface area (Å²) < 4.78 is 16.8. The maximum Gasteiger partial charge on any atom is 0.260 e. The lowest BCUT2D eigenvalue weighted by Gasteiger charge is -2.02. The molecule has 8 heteroatoms. The molecule has 0 saturated heterocycles. The molecule has 0 fully saturated rings. The zero-order valence-corrected chi connectivity index (χ0v) is 13.8. The van der Waals surface area contributed by atoms with Crippen LogP contribution in [0.3, 0.4) is 0 Å². The van der Waals surface area contributed by atoms with Crippen LogP contribution in [0.1, 0.15) is 15.9 Å². The fraction of sp³-hybridized carbons (Fsp3) is 0.133. The van der Waals surface area contributed by atoms with Gasteiger partial charge < -0.3 is 5.32 Å². The van der Waals surface area contributed by atoms with Gasteiger partial charge in [0, 0.05) is 19.4 Å². The third-order valence-corrected chi connectivity index (χ3v) is 3.75. The Kier molecular flexibility index (Phi) is 4.24. The number of nitrogens with one attached hydrogen (secondary N) is 1. The molecule has 0 aliphatic heterocycles. The van der Waals surface area contributed by atoms with Crippen LogP contribution in [0.4, 0.5) is 10.2 Å². The first-order valence-corrected chi connectivity index (χ1v) is 7.58. The largest absolute Gasteiger partial charge is 0.304 e. The van der Waals surface area contributed by atoms with Crippen LogP contribution < -0.4 is 5.32 Å². The summed E-state index contributed by atoms with van der Waals surface area (Å²) in [7, 11) is 1.74. The first-order valence-electron chi connectivity index (χ1n) is 6.78. The lowest BCUT2D eigenvalue weighted by atomic mass is 10.2. The van der Waals surface area contributed by atoms with Gasteiger partial charge in [-0.1, -0.05) is 12.1 Å². The molecule has 0 radical (unpaired) electrons. The van der Waals surface area contributed by atoms with E-state index in [1.807, 2.05) is 0 Å². The molecule has 0 spiro atoms. The quantitative estimate of drug-likeness (QED) is 0.760. The molecule has 0 aliphatic rings. The number of carbonyl (C=O) groups excluding carboxylic acids is 1. The molecular formula is C15H13BrFN5O. The summed E-state index contributed by atoms with van der Waals surface area (Å²) in [4.78, 5) is 12.1. The van der Waals surface area contributed by atoms with Gasteiger partial charge in [-0.3, -0.25) is 14.2 Å². The van der Waals surface area contributed by atoms with E-state index in [2.05, 4.69) is 31.4 Å². The van der Waals surface area contributed by atoms with E-state index < -0.39 is 0 Å². The van der Waals surface area contributed by atoms with Gasteiger partial charge in [-0.25, -0.2) is 4.39 Å². The molecular weight excluding hydrogens is 365 g/mol. The predicted octanol–water partition coefficient (Wildman–Crippen LogP) is 2.82. The maximum absolute atomic E-state index is 12.9. The topological polar surface area (TPSA) is 64.7 Å². The number of aryl methyl sites for hydroxylation is 1. The van der Waals surface area contributed by atoms with Crippen molar-refractivity contribution in [3.8, 4) is 0 Å². The highest BCUT2D eigenvalue weighted by atomic mass is 79.9. The van der Waals surface area contributed by atoms with Crippen molar-refractivity contribution in [2.24, 2.45) is 7.05 Å². The number of anilines is 1. The summed E-state index contributed by atoms with van der Waals surface area (Å²) in [6, 6.07) is 6.19. The van der Waals surface area contributed by atoms with Crippen molar-refractivity contribution in [1.29, 1.82) is 0 Å². The van der Waals surface area contributed by atoms with Gasteiger partial charge in [0.05, 0.1) is 22.8 Å². The van der Waals surface area contributed by atoms with E-state index in [0.29, 0.717) is 22.4 Å². The zero-order valence-electron chi connectivity index (χ0n) is 12.2. The minimum Gasteiger partial charge on any atom is -0.304 e. The van der Waals surface area contributed by atoms with E-state index >= 15 is 0 Å². The molecule has 118 valence electrons. The molecule has 0 atom stereocenters. The summed E-state index contributed by atoms with van der Waals surface area (Å²) in [6.07, 6.45) is 4.86. The first-order chi connectivity index (χ1) is 11.0. The van der Waals surface area contributed by atoms with Crippen LogP contribution in [0, 0.1) is 5.82 Å². The van der Waals surface area contributed by atoms with E-state index in [1.54, 1.807) is 40.9 Å². The van der Waals surface area contributed by atoms with Crippen LogP contribution in [0.5, 0.6) is 0 Å². The van der Waals surface area contributed by atoms with Crippen molar-refractivity contribution < 1.29 is 9.18 Å². The Labute approximate surface area is 140 Å². The van der Waals surface area contributed by atoms with Gasteiger partial charge in [0.1, 0.15) is 5.82 Å². The second-order valence-electron chi connectivity index (χ2n) is 5.01. The molecule has 23 heavy (non-hydrogen) atoms. The van der Waals surface area contributed by atoms with Gasteiger partial charge >= 0.3 is 0 Å². The average molecular weight is 378 g/mol. The number of nitrogens with zero attached hydrogens (tertiary/aromatic N) is 4. The Balaban J connectivity index is 1.73. The monoisotopic (exact) mass is 377 g/mol. The Hall–Kier alpha value is -2.48. The molecule has 2 aromatic heterocycles. The van der Waals surface area contributed by atoms with Gasteiger partial charge in [-0.15, -0.1) is 0 Å². The van der Waals surface area contributed by atoms with Crippen molar-refractivity contribution >= 4 is 27.7 Å². The van der Waals surface area contributed by atoms with E-state index in [4.69, 9.17) is 0 Å². The Morgan fingerprint density at radius 3 is 2.70 bits per heavy atom. The molecule has 0 unspecified atom stereocenters. The number of halogens is 2. The molecule has 0 aliphatic carbocycles. The number of rotatable bonds is 4. The fourth-order valence-corrected chi connectivity index (χ4v) is 2.47. The Morgan fingerprint density at radius 1 is 1.30 bits per heavy atom. The van der Waals surface area contributed by atoms with Crippen molar-refractivity contribution in [3.05, 3.63) is 64.3 Å². The fourth-order valence-electron chi connectivity index (χ4n) is 2.06. The van der Waals surface area contributed by atoms with E-state index in [0.717, 1.165) is 5.56 Å². The zero-order chi connectivity index (χ0) is 16.4. The first kappa shape index (κ1) is 15.4. The van der Waals surface area contributed by atoms with Gasteiger partial charge in [0.2, 0.25) is 0 Å². The summed E-state index contributed by atoms with van der Waals surface area (Å²) in [5.41, 5.74) is 1.36. The molecule has 3 rings (SSSR count). The Bertz CT molecular complexity index is 840. The third kappa shape index (κ3) is 3.65. The molecule has 0 bridgehead atoms. The van der Waals surface area contributed by atoms with Gasteiger partial charge in [-0.2, -0.15) is 10.2 Å². The number of amides is 1. The minimum atomic E-state index is -0.286. The molecule has 2 heterocycles. The highest BCUT2D eigenvalue weighted by Crippen LogP contribution is 2.21. The van der Waals surface area contributed by atoms with Crippen molar-refractivity contribution in [2.75, 3.05) is 5.32 Å². The van der Waals surface area contributed by atoms with E-state index in [1.165, 1.54) is 18.3 Å². The normalized spacial score (nSPS) is 10.7. The predicted molar refractivity (Wildman–Crippen MR) is 86.6 cm³/mol. The second kappa shape index (κ2) is 6.33. The molecule has 0 saturated carbocycles. The summed E-state index contributed by atoms with van der Waals surface area (Å²) in [5.74, 6) is -0.147. The highest BCUT2D eigenvalue weighted by molar-refractivity contribution is 9.10. The maximum atomic E-state index is 12.9. The van der Waals surface area contributed by atoms with Gasteiger partial charge in [0.25, 0.3) is 5.91 Å². The van der Waals surface area contributed by atoms with Gasteiger partial charge in [-0.05, 0) is 33.6 Å². The Morgan fingerprint density at radius 2 is 2.04 bits per heavy atom. The molecule has 3 aromatic rings. The lowest BCUT2D eigenvalue weighted by Crippen LogP contribution is -2.12. The number of benzene rings is 1. The van der Waals surface area contributed by atoms with Crippen molar-refractivity contribution in [1.82, 2.24) is 19.6 Å². The molecule has 1 amide bonds. The molecule has 6 nitrogen and oxygen atoms in total. The van der Waals surface area contributed by atoms with Crippen LogP contribution >= 0.6 is 15.9 Å². The summed E-state index contributed by atoms with van der Waals surface area (Å²) >= 11 is 3.37. The van der Waals surface area contributed by atoms with Crippen LogP contribution in [0.2, 0.25) is 0 Å². The van der Waals surface area contributed by atoms with Crippen molar-refractivity contribution in [2.45, 2.75) is 6.54 Å². The standard InChI is InChI=1S/C15H13BrFN5O/c1-21-8-11(6-18-21)15(23)19-14-13(16)9-22(20-14)7-10-2-4-12(17)5-3-10/h2-6,8-9H,7H2,1H3,(H,19,20,23). The number of hydrogen-bond donors (Lipinski definition) is 1. The minimum absolute atomic E-state index is 0.278. The SMILES string of the molecule is Cn1cc(C(=O)Nc2nn(Cc3ccc(F)cc3)cc2Br)cn1. The lowest BCUT2D eigenvalue weighted by molar-refractivity contribution is 0.102. The van der Waals surface area contributed by atoms with Crippen molar-refractivity contribution in [3.63, 3.8) is 0 Å². The number of aromatic nitrogens is 4. The van der Waals surface area contributed by atoms with E-state index in [-0.39, 0.29) is 11.7 Å². The summed E-state index contributed by atoms with van der Waals surface area (Å²) in [5, 5.41) is 11.0. The number of hydrogen-bond acceptors (Lipinski definition) is 3. The average Bonchev–Trinajstić information content (AvgIpc) is 3.08. The van der Waals surface area contributed by atoms with Crippen LogP contribution in [-0.2, 0) is 13.6 Å². The van der Waals surface area contributed by atoms with Crippen LogP contribution in [0.15, 0.2) is 47.3 Å². The second-order valence-corrected chi connectivity index (χ2v) is 5.86. The third-order valence-electron chi connectivity index (χ3n) is 3.17. The van der Waals surface area contributed by atoms with Crippen LogP contribution in [0.25, 0.3) is 0 Å². The van der Waals surface area contributed by atoms with E-state index in [9.17, 15) is 9.18 Å². The number of carbonyl (C=O) groups is 1. The smallest absolute Gasteiger partial charge is 0.260 e. The molecule has 1 aromatic carbocycles. The van der Waals surface area contributed by atoms with Gasteiger partial charge in [0.15, 0.2) is 5.82 Å². The van der Waals surface area contributed by atoms with Crippen LogP contribution in [-0.4, -0.2) is 25.5 Å². The highest BCUT2D eigenvalue weighted by Gasteiger charge is 2.13. The summed E-state index contributed by atoms with van der Waals surface area (Å²) in [6.45, 7) is 0.474. The molecule has 1 N–H and O–H groups in total.